The number of amides is 1. The lowest BCUT2D eigenvalue weighted by Crippen LogP contribution is -2.53. The van der Waals surface area contributed by atoms with E-state index in [2.05, 4.69) is 48.0 Å². The lowest BCUT2D eigenvalue weighted by molar-refractivity contribution is -0.104. The van der Waals surface area contributed by atoms with Gasteiger partial charge in [-0.3, -0.25) is 19.3 Å². The molecule has 1 N–H and O–H groups in total. The number of aromatic nitrogens is 1. The third kappa shape index (κ3) is 7.78. The standard InChI is InChI=1S/C25H27N3O4.3C2H6/c1-16-5-4-6-18(9-16)14-27-7-8-28(13-17(27)2)25(31)20-10-19-21(23(30)15-29)12-26-22(19)11-24(20)32-3;3*1-2/h4-6,9-12,15,17,26H,7-8,13-14H2,1-3H3;3*1-2H3. The van der Waals surface area contributed by atoms with Crippen molar-refractivity contribution < 1.29 is 19.1 Å². The second-order valence-electron chi connectivity index (χ2n) is 8.34. The van der Waals surface area contributed by atoms with E-state index in [9.17, 15) is 14.4 Å². The van der Waals surface area contributed by atoms with Crippen LogP contribution in [0.3, 0.4) is 0 Å². The van der Waals surface area contributed by atoms with Crippen LogP contribution in [0.25, 0.3) is 10.9 Å². The summed E-state index contributed by atoms with van der Waals surface area (Å²) < 4.78 is 5.47. The highest BCUT2D eigenvalue weighted by molar-refractivity contribution is 6.36. The Morgan fingerprint density at radius 3 is 2.29 bits per heavy atom. The van der Waals surface area contributed by atoms with Crippen LogP contribution in [-0.4, -0.2) is 65.5 Å². The zero-order valence-electron chi connectivity index (χ0n) is 24.6. The van der Waals surface area contributed by atoms with Crippen molar-refractivity contribution in [1.29, 1.82) is 0 Å². The van der Waals surface area contributed by atoms with Crippen LogP contribution in [0.2, 0.25) is 0 Å². The van der Waals surface area contributed by atoms with Gasteiger partial charge >= 0.3 is 0 Å². The number of hydrogen-bond acceptors (Lipinski definition) is 5. The van der Waals surface area contributed by atoms with Crippen LogP contribution in [-0.2, 0) is 11.3 Å². The second kappa shape index (κ2) is 16.4. The molecule has 7 nitrogen and oxygen atoms in total. The molecular weight excluding hydrogens is 478 g/mol. The van der Waals surface area contributed by atoms with Crippen molar-refractivity contribution in [2.75, 3.05) is 26.7 Å². The summed E-state index contributed by atoms with van der Waals surface area (Å²) in [5.74, 6) is -0.334. The Morgan fingerprint density at radius 1 is 1.03 bits per heavy atom. The summed E-state index contributed by atoms with van der Waals surface area (Å²) in [5.41, 5.74) is 3.79. The summed E-state index contributed by atoms with van der Waals surface area (Å²) in [5, 5.41) is 0.539. The van der Waals surface area contributed by atoms with Crippen LogP contribution in [0.15, 0.2) is 42.6 Å². The first-order valence-corrected chi connectivity index (χ1v) is 13.7. The number of aldehydes is 1. The molecule has 7 heteroatoms. The number of rotatable bonds is 6. The molecule has 0 aliphatic carbocycles. The summed E-state index contributed by atoms with van der Waals surface area (Å²) in [4.78, 5) is 43.5. The molecule has 0 spiro atoms. The maximum atomic E-state index is 13.4. The van der Waals surface area contributed by atoms with Gasteiger partial charge < -0.3 is 14.6 Å². The van der Waals surface area contributed by atoms with Crippen molar-refractivity contribution in [2.24, 2.45) is 0 Å². The molecule has 0 bridgehead atoms. The van der Waals surface area contributed by atoms with Crippen LogP contribution in [0.4, 0.5) is 0 Å². The van der Waals surface area contributed by atoms with Crippen LogP contribution in [0.5, 0.6) is 5.75 Å². The molecule has 1 fully saturated rings. The molecule has 4 rings (SSSR count). The number of fused-ring (bicyclic) bond motifs is 1. The molecule has 1 aliphatic heterocycles. The largest absolute Gasteiger partial charge is 0.496 e. The van der Waals surface area contributed by atoms with Gasteiger partial charge in [-0.15, -0.1) is 0 Å². The van der Waals surface area contributed by atoms with Gasteiger partial charge in [0.25, 0.3) is 5.91 Å². The molecule has 1 aromatic heterocycles. The fourth-order valence-electron chi connectivity index (χ4n) is 4.38. The quantitative estimate of drug-likeness (QED) is 0.233. The zero-order valence-corrected chi connectivity index (χ0v) is 24.6. The Morgan fingerprint density at radius 2 is 1.71 bits per heavy atom. The number of ether oxygens (including phenoxy) is 1. The number of nitrogens with one attached hydrogen (secondary N) is 1. The molecule has 2 aromatic carbocycles. The van der Waals surface area contributed by atoms with Crippen molar-refractivity contribution in [1.82, 2.24) is 14.8 Å². The average molecular weight is 524 g/mol. The van der Waals surface area contributed by atoms with Gasteiger partial charge in [-0.25, -0.2) is 0 Å². The normalized spacial score (nSPS) is 14.7. The summed E-state index contributed by atoms with van der Waals surface area (Å²) >= 11 is 0. The fourth-order valence-corrected chi connectivity index (χ4v) is 4.38. The molecule has 3 aromatic rings. The first-order chi connectivity index (χ1) is 18.4. The van der Waals surface area contributed by atoms with Crippen molar-refractivity contribution in [3.8, 4) is 5.75 Å². The van der Waals surface area contributed by atoms with Crippen molar-refractivity contribution >= 4 is 28.9 Å². The number of aromatic amines is 1. The maximum Gasteiger partial charge on any atom is 0.257 e. The summed E-state index contributed by atoms with van der Waals surface area (Å²) in [6, 6.07) is 12.0. The predicted octanol–water partition coefficient (Wildman–Crippen LogP) is 6.29. The number of piperazine rings is 1. The van der Waals surface area contributed by atoms with Crippen LogP contribution in [0, 0.1) is 6.92 Å². The first-order valence-electron chi connectivity index (χ1n) is 13.7. The van der Waals surface area contributed by atoms with Gasteiger partial charge in [-0.2, -0.15) is 0 Å². The van der Waals surface area contributed by atoms with Gasteiger partial charge in [0.15, 0.2) is 6.29 Å². The molecule has 2 heterocycles. The smallest absolute Gasteiger partial charge is 0.257 e. The zero-order chi connectivity index (χ0) is 28.8. The highest BCUT2D eigenvalue weighted by Crippen LogP contribution is 2.30. The van der Waals surface area contributed by atoms with Gasteiger partial charge in [0.1, 0.15) is 5.75 Å². The minimum atomic E-state index is -0.627. The van der Waals surface area contributed by atoms with Crippen molar-refractivity contribution in [2.45, 2.75) is 68.0 Å². The number of benzene rings is 2. The fraction of sp³-hybridized carbons (Fsp3) is 0.452. The van der Waals surface area contributed by atoms with Crippen molar-refractivity contribution in [3.63, 3.8) is 0 Å². The van der Waals surface area contributed by atoms with E-state index in [1.165, 1.54) is 24.4 Å². The summed E-state index contributed by atoms with van der Waals surface area (Å²) in [6.07, 6.45) is 1.77. The highest BCUT2D eigenvalue weighted by Gasteiger charge is 2.29. The molecule has 0 radical (unpaired) electrons. The molecule has 38 heavy (non-hydrogen) atoms. The average Bonchev–Trinajstić information content (AvgIpc) is 3.38. The molecule has 208 valence electrons. The van der Waals surface area contributed by atoms with E-state index in [1.807, 2.05) is 46.4 Å². The molecule has 1 saturated heterocycles. The molecule has 1 atom stereocenters. The lowest BCUT2D eigenvalue weighted by Gasteiger charge is -2.40. The van der Waals surface area contributed by atoms with E-state index >= 15 is 0 Å². The van der Waals surface area contributed by atoms with Gasteiger partial charge in [-0.1, -0.05) is 71.4 Å². The van der Waals surface area contributed by atoms with Gasteiger partial charge in [0.05, 0.1) is 18.2 Å². The number of methoxy groups -OCH3 is 1. The Labute approximate surface area is 228 Å². The van der Waals surface area contributed by atoms with E-state index in [-0.39, 0.29) is 23.8 Å². The van der Waals surface area contributed by atoms with E-state index < -0.39 is 5.78 Å². The maximum absolute atomic E-state index is 13.4. The first kappa shape index (κ1) is 32.6. The monoisotopic (exact) mass is 523 g/mol. The number of H-pyrrole nitrogens is 1. The Hall–Kier alpha value is -3.45. The molecule has 1 amide bonds. The molecule has 1 aliphatic rings. The minimum absolute atomic E-state index is 0.142. The van der Waals surface area contributed by atoms with Gasteiger partial charge in [-0.05, 0) is 25.5 Å². The van der Waals surface area contributed by atoms with Crippen LogP contribution < -0.4 is 4.74 Å². The van der Waals surface area contributed by atoms with E-state index in [0.29, 0.717) is 35.3 Å². The Kier molecular flexibility index (Phi) is 14.1. The number of Topliss-reactive ketones (excluding diaryl/α,β-unsaturated/α-hetero) is 1. The number of hydrogen-bond donors (Lipinski definition) is 1. The third-order valence-electron chi connectivity index (χ3n) is 6.13. The van der Waals surface area contributed by atoms with Gasteiger partial charge in [0.2, 0.25) is 5.78 Å². The van der Waals surface area contributed by atoms with E-state index in [1.54, 1.807) is 12.1 Å². The van der Waals surface area contributed by atoms with Crippen LogP contribution >= 0.6 is 0 Å². The summed E-state index contributed by atoms with van der Waals surface area (Å²) in [6.45, 7) is 19.0. The minimum Gasteiger partial charge on any atom is -0.496 e. The van der Waals surface area contributed by atoms with E-state index in [0.717, 1.165) is 13.1 Å². The SMILES string of the molecule is CC.CC.CC.COc1cc2[nH]cc(C(=O)C=O)c2cc1C(=O)N1CCN(Cc2cccc(C)c2)C(C)C1. The summed E-state index contributed by atoms with van der Waals surface area (Å²) in [7, 11) is 1.51. The molecule has 1 unspecified atom stereocenters. The Bertz CT molecular complexity index is 1190. The predicted molar refractivity (Wildman–Crippen MR) is 156 cm³/mol. The van der Waals surface area contributed by atoms with Gasteiger partial charge in [0, 0.05) is 55.4 Å². The lowest BCUT2D eigenvalue weighted by atomic mass is 10.0. The number of aryl methyl sites for hydroxylation is 1. The number of ketones is 1. The molecule has 0 saturated carbocycles. The molecular formula is C31H45N3O4. The van der Waals surface area contributed by atoms with E-state index in [4.69, 9.17) is 4.74 Å². The highest BCUT2D eigenvalue weighted by atomic mass is 16.5. The third-order valence-corrected chi connectivity index (χ3v) is 6.13. The number of carbonyl (C=O) groups is 3. The number of nitrogens with zero attached hydrogens (tertiary/aromatic N) is 2. The number of carbonyl (C=O) groups excluding carboxylic acids is 3. The second-order valence-corrected chi connectivity index (χ2v) is 8.34. The van der Waals surface area contributed by atoms with Crippen molar-refractivity contribution in [3.05, 3.63) is 64.8 Å². The van der Waals surface area contributed by atoms with Crippen LogP contribution in [0.1, 0.15) is 80.3 Å². The topological polar surface area (TPSA) is 82.7 Å². The Balaban J connectivity index is 0.00000112.